The molecule has 0 spiro atoms. The molecule has 0 bridgehead atoms. The van der Waals surface area contributed by atoms with Crippen molar-refractivity contribution in [3.05, 3.63) is 64.2 Å². The van der Waals surface area contributed by atoms with Crippen LogP contribution < -0.4 is 9.47 Å². The van der Waals surface area contributed by atoms with Crippen molar-refractivity contribution < 1.29 is 19.4 Å². The number of methoxy groups -OCH3 is 1. The van der Waals surface area contributed by atoms with Crippen LogP contribution in [0.2, 0.25) is 0 Å². The largest absolute Gasteiger partial charge is 0.497 e. The third-order valence-corrected chi connectivity index (χ3v) is 10.3. The van der Waals surface area contributed by atoms with Gasteiger partial charge in [0.1, 0.15) is 38.8 Å². The number of imidazole rings is 1. The van der Waals surface area contributed by atoms with Gasteiger partial charge < -0.3 is 19.5 Å². The van der Waals surface area contributed by atoms with Crippen molar-refractivity contribution in [2.75, 3.05) is 46.4 Å². The number of nitrogens with zero attached hydrogens (tertiary/aromatic N) is 7. The number of amides is 1. The van der Waals surface area contributed by atoms with Crippen molar-refractivity contribution in [1.29, 1.82) is 0 Å². The maximum atomic E-state index is 13.0. The lowest BCUT2D eigenvalue weighted by molar-refractivity contribution is 0.0615. The van der Waals surface area contributed by atoms with Crippen molar-refractivity contribution in [1.82, 2.24) is 34.4 Å². The number of aliphatic hydroxyl groups excluding tert-OH is 1. The molecule has 2 aromatic carbocycles. The number of ether oxygens (including phenoxy) is 2. The Morgan fingerprint density at radius 3 is 2.59 bits per heavy atom. The second-order valence-corrected chi connectivity index (χ2v) is 13.4. The van der Waals surface area contributed by atoms with Crippen molar-refractivity contribution >= 4 is 55.1 Å². The summed E-state index contributed by atoms with van der Waals surface area (Å²) >= 11 is 4.60. The van der Waals surface area contributed by atoms with Gasteiger partial charge in [0.15, 0.2) is 0 Å². The van der Waals surface area contributed by atoms with E-state index < -0.39 is 0 Å². The molecule has 6 aromatic rings. The standard InChI is InChI=1S/C30H29N7O4S3/c1-18-34-37-15-24(33-30(37)43-18)28-32-23-13-22(40-2)14-25(26(23)44-28)41-16-21-17-42-27(31-21)19-3-5-20(6-4-19)29(39)36-9-7-35(8-10-36)11-12-38/h3-6,13-15,17,38H,7-12,16H2,1-2H3. The monoisotopic (exact) mass is 647 g/mol. The van der Waals surface area contributed by atoms with Gasteiger partial charge in [0.2, 0.25) is 4.96 Å². The van der Waals surface area contributed by atoms with E-state index in [0.29, 0.717) is 36.7 Å². The van der Waals surface area contributed by atoms with Crippen molar-refractivity contribution in [2.45, 2.75) is 13.5 Å². The predicted molar refractivity (Wildman–Crippen MR) is 172 cm³/mol. The highest BCUT2D eigenvalue weighted by molar-refractivity contribution is 7.22. The van der Waals surface area contributed by atoms with Crippen LogP contribution in [0.4, 0.5) is 0 Å². The number of hydrogen-bond acceptors (Lipinski definition) is 12. The van der Waals surface area contributed by atoms with Gasteiger partial charge in [-0.25, -0.2) is 19.5 Å². The summed E-state index contributed by atoms with van der Waals surface area (Å²) in [6, 6.07) is 11.4. The highest BCUT2D eigenvalue weighted by Gasteiger charge is 2.22. The molecule has 4 aromatic heterocycles. The van der Waals surface area contributed by atoms with E-state index in [4.69, 9.17) is 29.5 Å². The zero-order chi connectivity index (χ0) is 30.2. The van der Waals surface area contributed by atoms with E-state index in [1.807, 2.05) is 59.8 Å². The Labute approximate surface area is 265 Å². The summed E-state index contributed by atoms with van der Waals surface area (Å²) in [5.74, 6) is 1.37. The van der Waals surface area contributed by atoms with Gasteiger partial charge in [-0.05, 0) is 19.1 Å². The van der Waals surface area contributed by atoms with E-state index in [1.54, 1.807) is 23.0 Å². The zero-order valence-corrected chi connectivity index (χ0v) is 26.5. The van der Waals surface area contributed by atoms with Crippen LogP contribution >= 0.6 is 34.0 Å². The van der Waals surface area contributed by atoms with E-state index >= 15 is 0 Å². The van der Waals surface area contributed by atoms with Gasteiger partial charge >= 0.3 is 0 Å². The molecule has 1 saturated heterocycles. The molecule has 0 radical (unpaired) electrons. The Hall–Kier alpha value is -3.95. The minimum atomic E-state index is 0.0313. The number of β-amino-alcohol motifs (C(OH)–C–C–N with tert-alkyl or cyclic N) is 1. The lowest BCUT2D eigenvalue weighted by atomic mass is 10.1. The molecule has 7 rings (SSSR count). The SMILES string of the molecule is COc1cc(OCc2csc(-c3ccc(C(=O)N4CCN(CCO)CC4)cc3)n2)c2sc(-c3cn4nc(C)sc4n3)nc2c1. The van der Waals surface area contributed by atoms with Gasteiger partial charge in [0.05, 0.1) is 35.8 Å². The second kappa shape index (κ2) is 12.2. The zero-order valence-electron chi connectivity index (χ0n) is 24.1. The fourth-order valence-electron chi connectivity index (χ4n) is 5.13. The maximum Gasteiger partial charge on any atom is 0.253 e. The Bertz CT molecular complexity index is 1910. The first-order chi connectivity index (χ1) is 21.5. The summed E-state index contributed by atoms with van der Waals surface area (Å²) in [6.45, 7) is 5.92. The number of fused-ring (bicyclic) bond motifs is 2. The summed E-state index contributed by atoms with van der Waals surface area (Å²) < 4.78 is 14.5. The predicted octanol–water partition coefficient (Wildman–Crippen LogP) is 4.84. The number of aliphatic hydroxyl groups is 1. The molecule has 0 unspecified atom stereocenters. The molecule has 1 aliphatic rings. The number of carbonyl (C=O) groups excluding carboxylic acids is 1. The highest BCUT2D eigenvalue weighted by atomic mass is 32.1. The Morgan fingerprint density at radius 1 is 1.02 bits per heavy atom. The number of aryl methyl sites for hydroxylation is 1. The van der Waals surface area contributed by atoms with Crippen LogP contribution in [0.5, 0.6) is 11.5 Å². The molecule has 226 valence electrons. The Kier molecular flexibility index (Phi) is 7.99. The first kappa shape index (κ1) is 28.8. The Morgan fingerprint density at radius 2 is 1.84 bits per heavy atom. The van der Waals surface area contributed by atoms with E-state index in [-0.39, 0.29) is 19.1 Å². The maximum absolute atomic E-state index is 13.0. The minimum Gasteiger partial charge on any atom is -0.497 e. The number of piperazine rings is 1. The number of aromatic nitrogens is 5. The molecule has 1 amide bonds. The Balaban J connectivity index is 1.04. The van der Waals surface area contributed by atoms with Crippen LogP contribution in [0.1, 0.15) is 21.1 Å². The molecule has 11 nitrogen and oxygen atoms in total. The fraction of sp³-hybridized carbons (Fsp3) is 0.300. The number of rotatable bonds is 9. The summed E-state index contributed by atoms with van der Waals surface area (Å²) in [6.07, 6.45) is 1.90. The van der Waals surface area contributed by atoms with E-state index in [9.17, 15) is 4.79 Å². The number of carbonyl (C=O) groups is 1. The summed E-state index contributed by atoms with van der Waals surface area (Å²) in [4.78, 5) is 32.2. The van der Waals surface area contributed by atoms with Crippen molar-refractivity contribution in [2.24, 2.45) is 0 Å². The molecule has 1 fully saturated rings. The average Bonchev–Trinajstić information content (AvgIpc) is 3.83. The van der Waals surface area contributed by atoms with Gasteiger partial charge in [-0.1, -0.05) is 23.5 Å². The molecular formula is C30H29N7O4S3. The van der Waals surface area contributed by atoms with Crippen LogP contribution in [-0.4, -0.2) is 91.8 Å². The second-order valence-electron chi connectivity index (χ2n) is 10.3. The first-order valence-electron chi connectivity index (χ1n) is 14.1. The van der Waals surface area contributed by atoms with Gasteiger partial charge in [0.25, 0.3) is 5.91 Å². The summed E-state index contributed by atoms with van der Waals surface area (Å²) in [5.41, 5.74) is 3.97. The summed E-state index contributed by atoms with van der Waals surface area (Å²) in [5, 5.41) is 18.2. The van der Waals surface area contributed by atoms with Crippen molar-refractivity contribution in [3.63, 3.8) is 0 Å². The fourth-order valence-corrected chi connectivity index (χ4v) is 7.63. The van der Waals surface area contributed by atoms with E-state index in [2.05, 4.69) is 10.00 Å². The molecule has 14 heteroatoms. The first-order valence-corrected chi connectivity index (χ1v) is 16.6. The molecule has 1 aliphatic heterocycles. The molecule has 44 heavy (non-hydrogen) atoms. The molecule has 1 N–H and O–H groups in total. The number of thiazole rings is 2. The number of benzene rings is 2. The lowest BCUT2D eigenvalue weighted by Gasteiger charge is -2.34. The molecule has 0 atom stereocenters. The van der Waals surface area contributed by atoms with Crippen LogP contribution in [-0.2, 0) is 6.61 Å². The topological polar surface area (TPSA) is 118 Å². The van der Waals surface area contributed by atoms with Crippen LogP contribution in [0.3, 0.4) is 0 Å². The van der Waals surface area contributed by atoms with Crippen LogP contribution in [0.15, 0.2) is 48.0 Å². The molecular weight excluding hydrogens is 619 g/mol. The minimum absolute atomic E-state index is 0.0313. The van der Waals surface area contributed by atoms with Crippen molar-refractivity contribution in [3.8, 4) is 32.8 Å². The molecule has 0 aliphatic carbocycles. The van der Waals surface area contributed by atoms with Gasteiger partial charge in [-0.2, -0.15) is 5.10 Å². The smallest absolute Gasteiger partial charge is 0.253 e. The normalized spacial score (nSPS) is 14.1. The van der Waals surface area contributed by atoms with Crippen LogP contribution in [0, 0.1) is 6.92 Å². The average molecular weight is 648 g/mol. The highest BCUT2D eigenvalue weighted by Crippen LogP contribution is 2.39. The molecule has 0 saturated carbocycles. The number of hydrogen-bond donors (Lipinski definition) is 1. The third kappa shape index (κ3) is 5.78. The lowest BCUT2D eigenvalue weighted by Crippen LogP contribution is -2.49. The van der Waals surface area contributed by atoms with Gasteiger partial charge in [0, 0.05) is 61.4 Å². The van der Waals surface area contributed by atoms with Crippen LogP contribution in [0.25, 0.3) is 36.5 Å². The third-order valence-electron chi connectivity index (χ3n) is 7.41. The van der Waals surface area contributed by atoms with E-state index in [1.165, 1.54) is 22.7 Å². The molecule has 5 heterocycles. The van der Waals surface area contributed by atoms with E-state index in [0.717, 1.165) is 60.2 Å². The van der Waals surface area contributed by atoms with Gasteiger partial charge in [-0.3, -0.25) is 9.69 Å². The van der Waals surface area contributed by atoms with Gasteiger partial charge in [-0.15, -0.1) is 22.7 Å². The summed E-state index contributed by atoms with van der Waals surface area (Å²) in [7, 11) is 1.63. The quantitative estimate of drug-likeness (QED) is 0.235.